The van der Waals surface area contributed by atoms with Gasteiger partial charge in [0.2, 0.25) is 5.91 Å². The van der Waals surface area contributed by atoms with E-state index < -0.39 is 0 Å². The molecule has 0 unspecified atom stereocenters. The highest BCUT2D eigenvalue weighted by Gasteiger charge is 2.22. The zero-order valence-electron chi connectivity index (χ0n) is 14.3. The molecule has 0 radical (unpaired) electrons. The lowest BCUT2D eigenvalue weighted by Gasteiger charge is -2.29. The Morgan fingerprint density at radius 2 is 2.12 bits per heavy atom. The van der Waals surface area contributed by atoms with Crippen LogP contribution in [0.15, 0.2) is 18.2 Å². The number of unbranched alkanes of at least 4 members (excludes halogenated alkanes) is 2. The van der Waals surface area contributed by atoms with Gasteiger partial charge >= 0.3 is 0 Å². The molecule has 1 aromatic carbocycles. The summed E-state index contributed by atoms with van der Waals surface area (Å²) in [5, 5.41) is 11.5. The quantitative estimate of drug-likeness (QED) is 0.515. The fraction of sp³-hybridized carbons (Fsp3) is 0.556. The van der Waals surface area contributed by atoms with Crippen molar-refractivity contribution < 1.29 is 19.4 Å². The molecule has 0 atom stereocenters. The van der Waals surface area contributed by atoms with Crippen molar-refractivity contribution in [3.8, 4) is 5.75 Å². The molecule has 1 aliphatic rings. The van der Waals surface area contributed by atoms with E-state index in [4.69, 9.17) is 21.4 Å². The molecular formula is C18H25ClN2O4. The van der Waals surface area contributed by atoms with Crippen LogP contribution in [0.25, 0.3) is 0 Å². The summed E-state index contributed by atoms with van der Waals surface area (Å²) in [6, 6.07) is 5.51. The van der Waals surface area contributed by atoms with Crippen molar-refractivity contribution in [3.05, 3.63) is 23.8 Å². The molecular weight excluding hydrogens is 344 g/mol. The molecule has 0 spiro atoms. The molecule has 0 bridgehead atoms. The molecule has 2 amide bonds. The number of nitrogens with zero attached hydrogens (tertiary/aromatic N) is 1. The van der Waals surface area contributed by atoms with Crippen molar-refractivity contribution in [1.29, 1.82) is 0 Å². The number of aryl methyl sites for hydroxylation is 1. The fourth-order valence-corrected chi connectivity index (χ4v) is 2.98. The average Bonchev–Trinajstić information content (AvgIpc) is 2.64. The SMILES string of the molecule is O=C(COc1ccc2c(c1)CCCN2C(=O)CCl)NCCCCCO. The van der Waals surface area contributed by atoms with Crippen molar-refractivity contribution in [2.75, 3.05) is 37.1 Å². The van der Waals surface area contributed by atoms with Gasteiger partial charge in [-0.25, -0.2) is 0 Å². The number of aliphatic hydroxyl groups is 1. The number of nitrogens with one attached hydrogen (secondary N) is 1. The second-order valence-electron chi connectivity index (χ2n) is 6.00. The van der Waals surface area contributed by atoms with E-state index >= 15 is 0 Å². The number of anilines is 1. The number of ether oxygens (including phenoxy) is 1. The summed E-state index contributed by atoms with van der Waals surface area (Å²) in [7, 11) is 0. The standard InChI is InChI=1S/C18H25ClN2O4/c19-12-18(24)21-9-4-5-14-11-15(6-7-16(14)21)25-13-17(23)20-8-2-1-3-10-22/h6-7,11,22H,1-5,8-10,12-13H2,(H,20,23). The lowest BCUT2D eigenvalue weighted by Crippen LogP contribution is -2.36. The number of fused-ring (bicyclic) bond motifs is 1. The second kappa shape index (κ2) is 10.3. The van der Waals surface area contributed by atoms with Crippen molar-refractivity contribution in [2.45, 2.75) is 32.1 Å². The van der Waals surface area contributed by atoms with Crippen LogP contribution < -0.4 is 15.0 Å². The highest BCUT2D eigenvalue weighted by atomic mass is 35.5. The first-order valence-corrected chi connectivity index (χ1v) is 9.18. The molecule has 0 saturated heterocycles. The number of halogens is 1. The molecule has 25 heavy (non-hydrogen) atoms. The first kappa shape index (κ1) is 19.5. The fourth-order valence-electron chi connectivity index (χ4n) is 2.84. The number of aliphatic hydroxyl groups excluding tert-OH is 1. The van der Waals surface area contributed by atoms with E-state index in [9.17, 15) is 9.59 Å². The molecule has 1 aliphatic heterocycles. The van der Waals surface area contributed by atoms with Crippen LogP contribution in [0.5, 0.6) is 5.75 Å². The van der Waals surface area contributed by atoms with Crippen LogP contribution >= 0.6 is 11.6 Å². The number of hydrogen-bond donors (Lipinski definition) is 2. The summed E-state index contributed by atoms with van der Waals surface area (Å²) >= 11 is 5.66. The minimum Gasteiger partial charge on any atom is -0.484 e. The highest BCUT2D eigenvalue weighted by molar-refractivity contribution is 6.29. The third-order valence-corrected chi connectivity index (χ3v) is 4.34. The number of rotatable bonds is 9. The van der Waals surface area contributed by atoms with Crippen molar-refractivity contribution in [1.82, 2.24) is 5.32 Å². The largest absolute Gasteiger partial charge is 0.484 e. The van der Waals surface area contributed by atoms with Gasteiger partial charge in [-0.2, -0.15) is 0 Å². The lowest BCUT2D eigenvalue weighted by molar-refractivity contribution is -0.123. The number of hydrogen-bond acceptors (Lipinski definition) is 4. The summed E-state index contributed by atoms with van der Waals surface area (Å²) in [5.74, 6) is 0.322. The lowest BCUT2D eigenvalue weighted by atomic mass is 10.0. The Labute approximate surface area is 153 Å². The molecule has 0 aromatic heterocycles. The van der Waals surface area contributed by atoms with Crippen LogP contribution in [0.2, 0.25) is 0 Å². The number of benzene rings is 1. The predicted molar refractivity (Wildman–Crippen MR) is 97.3 cm³/mol. The van der Waals surface area contributed by atoms with Crippen molar-refractivity contribution >= 4 is 29.1 Å². The van der Waals surface area contributed by atoms with Gasteiger partial charge in [0.05, 0.1) is 0 Å². The maximum Gasteiger partial charge on any atom is 0.257 e. The highest BCUT2D eigenvalue weighted by Crippen LogP contribution is 2.30. The van der Waals surface area contributed by atoms with Crippen LogP contribution in [-0.2, 0) is 16.0 Å². The first-order chi connectivity index (χ1) is 12.2. The van der Waals surface area contributed by atoms with E-state index in [2.05, 4.69) is 5.32 Å². The maximum absolute atomic E-state index is 11.9. The molecule has 2 N–H and O–H groups in total. The van der Waals surface area contributed by atoms with E-state index in [0.717, 1.165) is 43.4 Å². The predicted octanol–water partition coefficient (Wildman–Crippen LogP) is 1.86. The van der Waals surface area contributed by atoms with Crippen molar-refractivity contribution in [2.24, 2.45) is 0 Å². The Kier molecular flexibility index (Phi) is 8.01. The molecule has 0 saturated carbocycles. The van der Waals surface area contributed by atoms with Gasteiger partial charge in [0.15, 0.2) is 6.61 Å². The van der Waals surface area contributed by atoms with Crippen molar-refractivity contribution in [3.63, 3.8) is 0 Å². The van der Waals surface area contributed by atoms with Gasteiger partial charge in [-0.1, -0.05) is 0 Å². The van der Waals surface area contributed by atoms with E-state index in [1.807, 2.05) is 12.1 Å². The summed E-state index contributed by atoms with van der Waals surface area (Å²) in [4.78, 5) is 25.4. The molecule has 138 valence electrons. The van der Waals surface area contributed by atoms with E-state index in [1.165, 1.54) is 0 Å². The molecule has 6 nitrogen and oxygen atoms in total. The van der Waals surface area contributed by atoms with E-state index in [0.29, 0.717) is 18.8 Å². The molecule has 1 heterocycles. The van der Waals surface area contributed by atoms with Gasteiger partial charge in [-0.3, -0.25) is 9.59 Å². The van der Waals surface area contributed by atoms with Gasteiger partial charge in [0.1, 0.15) is 11.6 Å². The van der Waals surface area contributed by atoms with Crippen LogP contribution in [0.4, 0.5) is 5.69 Å². The maximum atomic E-state index is 11.9. The minimum atomic E-state index is -0.166. The van der Waals surface area contributed by atoms with Gasteiger partial charge < -0.3 is 20.1 Å². The van der Waals surface area contributed by atoms with Gasteiger partial charge in [0.25, 0.3) is 5.91 Å². The molecule has 2 rings (SSSR count). The average molecular weight is 369 g/mol. The number of carbonyl (C=O) groups excluding carboxylic acids is 2. The van der Waals surface area contributed by atoms with Gasteiger partial charge in [0, 0.05) is 25.4 Å². The van der Waals surface area contributed by atoms with Gasteiger partial charge in [-0.15, -0.1) is 11.6 Å². The van der Waals surface area contributed by atoms with Crippen LogP contribution in [0.3, 0.4) is 0 Å². The Hall–Kier alpha value is -1.79. The van der Waals surface area contributed by atoms with Crippen LogP contribution in [0, 0.1) is 0 Å². The van der Waals surface area contributed by atoms with Crippen LogP contribution in [-0.4, -0.2) is 49.1 Å². The second-order valence-corrected chi connectivity index (χ2v) is 6.26. The Morgan fingerprint density at radius 3 is 2.88 bits per heavy atom. The third-order valence-electron chi connectivity index (χ3n) is 4.11. The smallest absolute Gasteiger partial charge is 0.257 e. The molecule has 1 aromatic rings. The van der Waals surface area contributed by atoms with Crippen LogP contribution in [0.1, 0.15) is 31.2 Å². The Bertz CT molecular complexity index is 594. The first-order valence-electron chi connectivity index (χ1n) is 8.65. The number of carbonyl (C=O) groups is 2. The molecule has 0 aliphatic carbocycles. The topological polar surface area (TPSA) is 78.9 Å². The zero-order chi connectivity index (χ0) is 18.1. The summed E-state index contributed by atoms with van der Waals surface area (Å²) in [6.07, 6.45) is 4.24. The molecule has 0 fully saturated rings. The Morgan fingerprint density at radius 1 is 1.28 bits per heavy atom. The number of amides is 2. The summed E-state index contributed by atoms with van der Waals surface area (Å²) in [6.45, 7) is 1.41. The zero-order valence-corrected chi connectivity index (χ0v) is 15.1. The van der Waals surface area contributed by atoms with E-state index in [1.54, 1.807) is 11.0 Å². The summed E-state index contributed by atoms with van der Waals surface area (Å²) in [5.41, 5.74) is 1.91. The number of alkyl halides is 1. The Balaban J connectivity index is 1.83. The molecule has 7 heteroatoms. The van der Waals surface area contributed by atoms with Gasteiger partial charge in [-0.05, 0) is 55.9 Å². The minimum absolute atomic E-state index is 0.0316. The normalized spacial score (nSPS) is 13.3. The summed E-state index contributed by atoms with van der Waals surface area (Å²) < 4.78 is 5.55. The van der Waals surface area contributed by atoms with E-state index in [-0.39, 0.29) is 30.9 Å². The third kappa shape index (κ3) is 5.90. The monoisotopic (exact) mass is 368 g/mol.